The summed E-state index contributed by atoms with van der Waals surface area (Å²) in [5, 5.41) is 24.4. The van der Waals surface area contributed by atoms with E-state index in [0.717, 1.165) is 41.7 Å². The highest BCUT2D eigenvalue weighted by molar-refractivity contribution is 6.25. The molecule has 4 fully saturated rings. The molecular formula is C63H67N5O12. The maximum Gasteiger partial charge on any atom is 0.329 e. The van der Waals surface area contributed by atoms with Gasteiger partial charge < -0.3 is 44.1 Å². The van der Waals surface area contributed by atoms with E-state index in [2.05, 4.69) is 22.1 Å². The van der Waals surface area contributed by atoms with Crippen molar-refractivity contribution >= 4 is 35.5 Å². The summed E-state index contributed by atoms with van der Waals surface area (Å²) >= 11 is 0. The minimum absolute atomic E-state index is 0.0138. The van der Waals surface area contributed by atoms with Gasteiger partial charge in [-0.2, -0.15) is 0 Å². The summed E-state index contributed by atoms with van der Waals surface area (Å²) in [4.78, 5) is 85.2. The van der Waals surface area contributed by atoms with Crippen molar-refractivity contribution in [3.8, 4) is 29.1 Å². The fraction of sp³-hybridized carbons (Fsp3) is 0.413. The number of imide groups is 1. The Bertz CT molecular complexity index is 3180. The molecule has 4 amide bonds. The van der Waals surface area contributed by atoms with Crippen molar-refractivity contribution < 1.29 is 57.9 Å². The lowest BCUT2D eigenvalue weighted by molar-refractivity contribution is -0.179. The molecule has 1 spiro atoms. The zero-order valence-corrected chi connectivity index (χ0v) is 45.3. The molecular weight excluding hydrogens is 1020 g/mol. The fourth-order valence-corrected chi connectivity index (χ4v) is 12.9. The van der Waals surface area contributed by atoms with Crippen LogP contribution in [0.4, 0.5) is 10.5 Å². The Morgan fingerprint density at radius 1 is 0.787 bits per heavy atom. The number of nitrogens with one attached hydrogen (secondary N) is 1. The minimum Gasteiger partial charge on any atom is -0.491 e. The molecule has 1 aliphatic carbocycles. The van der Waals surface area contributed by atoms with Crippen molar-refractivity contribution in [3.63, 3.8) is 0 Å². The number of anilines is 1. The zero-order valence-electron chi connectivity index (χ0n) is 45.3. The van der Waals surface area contributed by atoms with Crippen LogP contribution in [-0.4, -0.2) is 126 Å². The van der Waals surface area contributed by atoms with Crippen molar-refractivity contribution in [3.05, 3.63) is 155 Å². The van der Waals surface area contributed by atoms with Gasteiger partial charge in [-0.05, 0) is 102 Å². The Balaban J connectivity index is 1.13. The summed E-state index contributed by atoms with van der Waals surface area (Å²) in [5.41, 5.74) is 0.344. The van der Waals surface area contributed by atoms with Crippen LogP contribution in [0.1, 0.15) is 104 Å². The lowest BCUT2D eigenvalue weighted by Gasteiger charge is -2.46. The zero-order chi connectivity index (χ0) is 55.7. The maximum absolute atomic E-state index is 17.0. The first-order valence-electron chi connectivity index (χ1n) is 27.8. The van der Waals surface area contributed by atoms with E-state index in [4.69, 9.17) is 23.7 Å². The number of esters is 2. The number of carbonyl (C=O) groups excluding carboxylic acids is 5. The molecule has 0 unspecified atom stereocenters. The monoisotopic (exact) mass is 1090 g/mol. The van der Waals surface area contributed by atoms with Gasteiger partial charge in [0.2, 0.25) is 18.6 Å². The number of morpholine rings is 1. The Kier molecular flexibility index (Phi) is 15.4. The summed E-state index contributed by atoms with van der Waals surface area (Å²) in [6.07, 6.45) is 3.59. The number of fused-ring (bicyclic) bond motifs is 4. The van der Waals surface area contributed by atoms with Gasteiger partial charge in [0.25, 0.3) is 0 Å². The van der Waals surface area contributed by atoms with Crippen molar-refractivity contribution in [2.45, 2.75) is 100 Å². The second-order valence-corrected chi connectivity index (χ2v) is 22.0. The largest absolute Gasteiger partial charge is 0.491 e. The first kappa shape index (κ1) is 54.2. The second-order valence-electron chi connectivity index (χ2n) is 22.0. The number of urea groups is 1. The van der Waals surface area contributed by atoms with E-state index in [1.54, 1.807) is 61.2 Å². The number of cyclic esters (lactones) is 1. The minimum atomic E-state index is -2.11. The van der Waals surface area contributed by atoms with Gasteiger partial charge in [0.05, 0.1) is 37.4 Å². The molecule has 416 valence electrons. The normalized spacial score (nSPS) is 24.5. The highest BCUT2D eigenvalue weighted by Crippen LogP contribution is 2.66. The number of ether oxygens (including phenoxy) is 5. The summed E-state index contributed by atoms with van der Waals surface area (Å²) in [6.45, 7) is 5.36. The number of hydrogen-bond donors (Lipinski definition) is 3. The molecule has 0 bridgehead atoms. The first-order valence-corrected chi connectivity index (χ1v) is 27.8. The number of aliphatic hydroxyl groups is 2. The smallest absolute Gasteiger partial charge is 0.329 e. The summed E-state index contributed by atoms with van der Waals surface area (Å²) in [7, 11) is 1.22. The molecule has 0 aromatic heterocycles. The summed E-state index contributed by atoms with van der Waals surface area (Å²) in [5.74, 6) is 3.45. The molecule has 11 rings (SSSR count). The second kappa shape index (κ2) is 22.8. The third-order valence-electron chi connectivity index (χ3n) is 16.8. The standard InChI is InChI=1S/C63H67N5O12/c1-40(2)52(58(71)76-3)64-61(74)67-48-24-18-41(26-29-62(75)27-12-4-5-13-28-62)36-47(48)63(60(67)73)51(57(70)66-32-30-65(31-33-66)38-42-19-25-49-50(37-42)79-39-78-49)54-59(72)80-55(44-16-10-7-11-17-44)53(43-14-8-6-9-15-43)68(54)56(63)45-20-22-46(23-21-45)77-35-34-69/h6-11,14-25,36-37,40,51-56,69,75H,4-5,12-13,27-28,30-35,38-39H2,1-3H3,(H,64,74)/t51-,52-,53-,54-,55+,56+,63-/m0/s1. The topological polar surface area (TPSA) is 197 Å². The number of amides is 4. The van der Waals surface area contributed by atoms with E-state index in [1.165, 1.54) is 7.11 Å². The number of nitrogens with zero attached hydrogens (tertiary/aromatic N) is 4. The van der Waals surface area contributed by atoms with E-state index in [1.807, 2.05) is 83.8 Å². The number of carbonyl (C=O) groups is 5. The quantitative estimate of drug-likeness (QED) is 0.0648. The molecule has 5 heterocycles. The van der Waals surface area contributed by atoms with Crippen LogP contribution in [0.5, 0.6) is 17.2 Å². The number of methoxy groups -OCH3 is 1. The highest BCUT2D eigenvalue weighted by Gasteiger charge is 2.76. The maximum atomic E-state index is 17.0. The van der Waals surface area contributed by atoms with Crippen LogP contribution in [0.3, 0.4) is 0 Å². The summed E-state index contributed by atoms with van der Waals surface area (Å²) < 4.78 is 29.0. The van der Waals surface area contributed by atoms with Crippen molar-refractivity contribution in [1.82, 2.24) is 20.0 Å². The Morgan fingerprint density at radius 3 is 2.15 bits per heavy atom. The van der Waals surface area contributed by atoms with Gasteiger partial charge in [-0.25, -0.2) is 14.5 Å². The number of benzene rings is 5. The van der Waals surface area contributed by atoms with E-state index in [0.29, 0.717) is 66.4 Å². The van der Waals surface area contributed by atoms with Crippen molar-refractivity contribution in [1.29, 1.82) is 0 Å². The highest BCUT2D eigenvalue weighted by atomic mass is 16.7. The fourth-order valence-electron chi connectivity index (χ4n) is 12.9. The molecule has 0 radical (unpaired) electrons. The third-order valence-corrected chi connectivity index (χ3v) is 16.8. The number of hydrogen-bond acceptors (Lipinski definition) is 14. The van der Waals surface area contributed by atoms with Gasteiger partial charge in [0, 0.05) is 38.3 Å². The Labute approximate surface area is 465 Å². The van der Waals surface area contributed by atoms with Gasteiger partial charge in [0.1, 0.15) is 41.6 Å². The van der Waals surface area contributed by atoms with Crippen LogP contribution in [0.25, 0.3) is 0 Å². The molecule has 7 atom stereocenters. The van der Waals surface area contributed by atoms with Gasteiger partial charge >= 0.3 is 18.0 Å². The van der Waals surface area contributed by atoms with Gasteiger partial charge in [-0.15, -0.1) is 0 Å². The Morgan fingerprint density at radius 2 is 1.48 bits per heavy atom. The molecule has 17 heteroatoms. The average Bonchev–Trinajstić information content (AvgIpc) is 1.90. The lowest BCUT2D eigenvalue weighted by Crippen LogP contribution is -2.59. The van der Waals surface area contributed by atoms with Crippen LogP contribution in [-0.2, 0) is 40.6 Å². The van der Waals surface area contributed by atoms with Crippen molar-refractivity contribution in [2.75, 3.05) is 58.2 Å². The van der Waals surface area contributed by atoms with Gasteiger partial charge in [0.15, 0.2) is 11.5 Å². The summed E-state index contributed by atoms with van der Waals surface area (Å²) in [6, 6.07) is 31.3. The molecule has 5 aromatic rings. The van der Waals surface area contributed by atoms with Crippen LogP contribution in [0.2, 0.25) is 0 Å². The lowest BCUT2D eigenvalue weighted by atomic mass is 9.64. The molecule has 1 saturated carbocycles. The number of rotatable bonds is 12. The average molecular weight is 1090 g/mol. The molecule has 6 aliphatic rings. The molecule has 17 nitrogen and oxygen atoms in total. The van der Waals surface area contributed by atoms with Crippen LogP contribution >= 0.6 is 0 Å². The molecule has 3 saturated heterocycles. The van der Waals surface area contributed by atoms with E-state index in [9.17, 15) is 15.0 Å². The SMILES string of the molecule is COC(=O)[C@@H](NC(=O)N1C(=O)[C@@]2(c3cc(C#CC4(O)CCCCCC4)ccc31)[C@H](C(=O)N1CCN(Cc3ccc4c(c3)OCO4)CC1)[C@H]1C(=O)O[C@H](c3ccccc3)[C@H](c3ccccc3)N1[C@@H]2c1ccc(OCCO)cc1)C(C)C. The van der Waals surface area contributed by atoms with Crippen LogP contribution < -0.4 is 24.4 Å². The Hall–Kier alpha value is -7.75. The van der Waals surface area contributed by atoms with Gasteiger partial charge in [-0.1, -0.05) is 117 Å². The van der Waals surface area contributed by atoms with Crippen molar-refractivity contribution in [2.24, 2.45) is 11.8 Å². The van der Waals surface area contributed by atoms with E-state index >= 15 is 19.2 Å². The molecule has 3 N–H and O–H groups in total. The third kappa shape index (κ3) is 10.0. The predicted molar refractivity (Wildman–Crippen MR) is 294 cm³/mol. The number of piperazine rings is 1. The van der Waals surface area contributed by atoms with Crippen LogP contribution in [0.15, 0.2) is 121 Å². The molecule has 5 aromatic carbocycles. The molecule has 80 heavy (non-hydrogen) atoms. The van der Waals surface area contributed by atoms with E-state index < -0.39 is 82.9 Å². The van der Waals surface area contributed by atoms with Gasteiger partial charge in [-0.3, -0.25) is 24.2 Å². The van der Waals surface area contributed by atoms with E-state index in [-0.39, 0.29) is 44.3 Å². The predicted octanol–water partition coefficient (Wildman–Crippen LogP) is 7.14. The molecule has 5 aliphatic heterocycles. The van der Waals surface area contributed by atoms with Crippen LogP contribution in [0, 0.1) is 23.7 Å². The first-order chi connectivity index (χ1) is 38.8. The number of aliphatic hydroxyl groups excluding tert-OH is 1.